The molecule has 3 aliphatic rings. The van der Waals surface area contributed by atoms with E-state index < -0.39 is 45.2 Å². The van der Waals surface area contributed by atoms with Gasteiger partial charge in [0.1, 0.15) is 18.0 Å². The molecule has 4 atom stereocenters. The van der Waals surface area contributed by atoms with Gasteiger partial charge in [0.2, 0.25) is 8.32 Å². The summed E-state index contributed by atoms with van der Waals surface area (Å²) in [6, 6.07) is 0. The van der Waals surface area contributed by atoms with Gasteiger partial charge in [-0.3, -0.25) is 4.79 Å². The molecule has 1 fully saturated rings. The maximum atomic E-state index is 14.2. The minimum atomic E-state index is -2.40. The number of ketones is 1. The molecule has 0 radical (unpaired) electrons. The van der Waals surface area contributed by atoms with Crippen molar-refractivity contribution in [3.63, 3.8) is 0 Å². The second kappa shape index (κ2) is 11.5. The second-order valence-electron chi connectivity index (χ2n) is 13.5. The van der Waals surface area contributed by atoms with Crippen LogP contribution in [0.5, 0.6) is 0 Å². The lowest BCUT2D eigenvalue weighted by molar-refractivity contribution is -0.137. The Morgan fingerprint density at radius 3 is 1.77 bits per heavy atom. The molecule has 0 spiro atoms. The minimum absolute atomic E-state index is 0.0181. The first-order valence-corrected chi connectivity index (χ1v) is 19.8. The molecule has 0 aromatic heterocycles. The van der Waals surface area contributed by atoms with Crippen LogP contribution in [0.2, 0.25) is 33.2 Å². The Morgan fingerprint density at radius 2 is 1.36 bits per heavy atom. The normalized spacial score (nSPS) is 27.5. The number of halogens is 1. The van der Waals surface area contributed by atoms with E-state index in [0.717, 1.165) is 5.57 Å². The minimum Gasteiger partial charge on any atom is -0.544 e. The maximum absolute atomic E-state index is 14.2. The molecule has 39 heavy (non-hydrogen) atoms. The number of esters is 1. The van der Waals surface area contributed by atoms with E-state index in [-0.39, 0.29) is 12.2 Å². The van der Waals surface area contributed by atoms with E-state index in [1.807, 2.05) is 6.08 Å². The number of hydrogen-bond donors (Lipinski definition) is 0. The molecule has 6 nitrogen and oxygen atoms in total. The number of hydrogen-bond acceptors (Lipinski definition) is 6. The van der Waals surface area contributed by atoms with Gasteiger partial charge in [0, 0.05) is 12.0 Å². The lowest BCUT2D eigenvalue weighted by atomic mass is 9.78. The molecule has 2 aliphatic heterocycles. The van der Waals surface area contributed by atoms with Gasteiger partial charge in [-0.1, -0.05) is 99.0 Å². The van der Waals surface area contributed by atoms with Crippen LogP contribution < -0.4 is 0 Å². The Balaban J connectivity index is 2.20. The second-order valence-corrected chi connectivity index (χ2v) is 25.5. The Morgan fingerprint density at radius 1 is 0.897 bits per heavy atom. The number of Topliss-reactive ketones (excluding diaryl/α,β-unsaturated/α-hetero) is 1. The van der Waals surface area contributed by atoms with Crippen LogP contribution in [0, 0.1) is 0 Å². The van der Waals surface area contributed by atoms with Crippen LogP contribution in [0.15, 0.2) is 23.0 Å². The zero-order chi connectivity index (χ0) is 29.8. The molecular weight excluding hydrogens is 592 g/mol. The van der Waals surface area contributed by atoms with Crippen molar-refractivity contribution in [2.75, 3.05) is 7.11 Å². The third kappa shape index (κ3) is 4.90. The predicted octanol–water partition coefficient (Wildman–Crippen LogP) is 7.98. The van der Waals surface area contributed by atoms with Crippen molar-refractivity contribution in [1.29, 1.82) is 0 Å². The summed E-state index contributed by atoms with van der Waals surface area (Å²) in [7, 11) is -3.38. The van der Waals surface area contributed by atoms with E-state index in [1.54, 1.807) is 0 Å². The lowest BCUT2D eigenvalue weighted by Crippen LogP contribution is -2.60. The van der Waals surface area contributed by atoms with Gasteiger partial charge in [0.05, 0.1) is 18.8 Å². The molecule has 9 heteroatoms. The van der Waals surface area contributed by atoms with E-state index in [0.29, 0.717) is 44.6 Å². The standard InChI is InChI=1S/C30H51BrO6Si2/c1-16(2)38(17(3)4,18(5)6)36-23-14-24(32)30(31)25(37-39(19(7)8,20(9)10)21(11)12)15-22-27(29(33)34-13)26(23)28(30)35-22/h15-23,28H,14H2,1-13H3/t22-,23+,28-,30+/m1/s1. The molecule has 1 aliphatic carbocycles. The average molecular weight is 644 g/mol. The molecule has 1 saturated carbocycles. The van der Waals surface area contributed by atoms with Gasteiger partial charge in [-0.05, 0) is 39.3 Å². The van der Waals surface area contributed by atoms with E-state index in [9.17, 15) is 9.59 Å². The molecule has 0 N–H and O–H groups in total. The zero-order valence-electron chi connectivity index (χ0n) is 26.3. The highest BCUT2D eigenvalue weighted by atomic mass is 79.9. The fraction of sp³-hybridized carbons (Fsp3) is 0.800. The summed E-state index contributed by atoms with van der Waals surface area (Å²) in [6.45, 7) is 26.7. The third-order valence-corrected chi connectivity index (χ3v) is 23.1. The van der Waals surface area contributed by atoms with Crippen molar-refractivity contribution in [3.8, 4) is 0 Å². The fourth-order valence-electron chi connectivity index (χ4n) is 8.22. The highest BCUT2D eigenvalue weighted by Gasteiger charge is 2.65. The van der Waals surface area contributed by atoms with E-state index in [2.05, 4.69) is 99.0 Å². The Hall–Kier alpha value is -0.746. The molecule has 0 amide bonds. The first kappa shape index (κ1) is 32.8. The van der Waals surface area contributed by atoms with Gasteiger partial charge >= 0.3 is 5.97 Å². The molecule has 0 unspecified atom stereocenters. The van der Waals surface area contributed by atoms with Gasteiger partial charge in [0.15, 0.2) is 10.1 Å². The quantitative estimate of drug-likeness (QED) is 0.129. The predicted molar refractivity (Wildman–Crippen MR) is 165 cm³/mol. The monoisotopic (exact) mass is 642 g/mol. The van der Waals surface area contributed by atoms with Gasteiger partial charge in [-0.25, -0.2) is 4.79 Å². The number of fused-ring (bicyclic) bond motifs is 1. The largest absolute Gasteiger partial charge is 0.544 e. The Bertz CT molecular complexity index is 987. The van der Waals surface area contributed by atoms with E-state index in [1.165, 1.54) is 7.11 Å². The van der Waals surface area contributed by atoms with E-state index >= 15 is 0 Å². The van der Waals surface area contributed by atoms with Crippen molar-refractivity contribution in [2.24, 2.45) is 0 Å². The van der Waals surface area contributed by atoms with Crippen LogP contribution in [0.1, 0.15) is 89.5 Å². The summed E-state index contributed by atoms with van der Waals surface area (Å²) in [6.07, 6.45) is 0.175. The van der Waals surface area contributed by atoms with Crippen LogP contribution in [0.4, 0.5) is 0 Å². The molecule has 0 aromatic rings. The van der Waals surface area contributed by atoms with Gasteiger partial charge in [0.25, 0.3) is 8.32 Å². The SMILES string of the molecule is COC(=O)C1=C2[C@@H](O[Si](C(C)C)(C(C)C)C(C)C)CC(=O)[C@]3(Br)C(O[Si](C(C)C)(C(C)C)C(C)C)=C[C@H]1O[C@H]23. The molecule has 2 bridgehead atoms. The van der Waals surface area contributed by atoms with Crippen LogP contribution in [-0.4, -0.2) is 58.1 Å². The summed E-state index contributed by atoms with van der Waals surface area (Å²) >= 11 is 3.89. The van der Waals surface area contributed by atoms with Crippen molar-refractivity contribution < 1.29 is 27.9 Å². The van der Waals surface area contributed by atoms with Crippen molar-refractivity contribution in [2.45, 2.75) is 145 Å². The van der Waals surface area contributed by atoms with Crippen molar-refractivity contribution in [1.82, 2.24) is 0 Å². The van der Waals surface area contributed by atoms with Crippen LogP contribution in [0.3, 0.4) is 0 Å². The number of carbonyl (C=O) groups is 2. The highest BCUT2D eigenvalue weighted by Crippen LogP contribution is 2.57. The number of carbonyl (C=O) groups excluding carboxylic acids is 2. The van der Waals surface area contributed by atoms with Crippen LogP contribution in [-0.2, 0) is 27.9 Å². The summed E-state index contributed by atoms with van der Waals surface area (Å²) < 4.78 is 24.9. The molecule has 222 valence electrons. The van der Waals surface area contributed by atoms with Gasteiger partial charge in [-0.2, -0.15) is 0 Å². The first-order chi connectivity index (χ1) is 17.9. The molecule has 0 saturated heterocycles. The Labute approximate surface area is 247 Å². The average Bonchev–Trinajstić information content (AvgIpc) is 3.17. The molecule has 0 aromatic carbocycles. The fourth-order valence-corrected chi connectivity index (χ4v) is 19.9. The smallest absolute Gasteiger partial charge is 0.336 e. The van der Waals surface area contributed by atoms with Gasteiger partial charge in [-0.15, -0.1) is 0 Å². The zero-order valence-corrected chi connectivity index (χ0v) is 29.9. The number of alkyl halides is 1. The third-order valence-electron chi connectivity index (χ3n) is 9.76. The van der Waals surface area contributed by atoms with Gasteiger partial charge < -0.3 is 18.3 Å². The molecule has 2 heterocycles. The number of methoxy groups -OCH3 is 1. The van der Waals surface area contributed by atoms with Crippen LogP contribution in [0.25, 0.3) is 0 Å². The topological polar surface area (TPSA) is 71.1 Å². The number of rotatable bonds is 11. The lowest BCUT2D eigenvalue weighted by Gasteiger charge is -2.51. The van der Waals surface area contributed by atoms with E-state index in [4.69, 9.17) is 18.3 Å². The first-order valence-electron chi connectivity index (χ1n) is 14.7. The molecular formula is C30H51BrO6Si2. The number of ether oxygens (including phenoxy) is 2. The summed E-state index contributed by atoms with van der Waals surface area (Å²) in [5, 5.41) is 0. The van der Waals surface area contributed by atoms with Crippen molar-refractivity contribution >= 4 is 44.3 Å². The molecule has 3 rings (SSSR count). The highest BCUT2D eigenvalue weighted by molar-refractivity contribution is 9.10. The van der Waals surface area contributed by atoms with Crippen molar-refractivity contribution in [3.05, 3.63) is 23.0 Å². The Kier molecular flexibility index (Phi) is 9.66. The van der Waals surface area contributed by atoms with Crippen LogP contribution >= 0.6 is 15.9 Å². The maximum Gasteiger partial charge on any atom is 0.336 e. The summed E-state index contributed by atoms with van der Waals surface area (Å²) in [4.78, 5) is 27.5. The summed E-state index contributed by atoms with van der Waals surface area (Å²) in [5.74, 6) is 0.153. The summed E-state index contributed by atoms with van der Waals surface area (Å²) in [5.41, 5.74) is 3.19.